The Bertz CT molecular complexity index is 179. The summed E-state index contributed by atoms with van der Waals surface area (Å²) in [6.07, 6.45) is 12.4. The molecule has 16 heavy (non-hydrogen) atoms. The highest BCUT2D eigenvalue weighted by Crippen LogP contribution is 2.29. The van der Waals surface area contributed by atoms with Gasteiger partial charge in [-0.05, 0) is 37.9 Å². The quantitative estimate of drug-likeness (QED) is 0.297. The molecule has 0 aliphatic carbocycles. The number of rotatable bonds is 8. The Morgan fingerprint density at radius 2 is 2.25 bits per heavy atom. The summed E-state index contributed by atoms with van der Waals surface area (Å²) in [6, 6.07) is 0.522. The van der Waals surface area contributed by atoms with Crippen molar-refractivity contribution in [3.63, 3.8) is 0 Å². The third-order valence-corrected chi connectivity index (χ3v) is 4.82. The van der Waals surface area contributed by atoms with Crippen LogP contribution >= 0.6 is 11.8 Å². The molecule has 1 aliphatic rings. The summed E-state index contributed by atoms with van der Waals surface area (Å²) in [4.78, 5) is 0. The molecule has 0 bridgehead atoms. The van der Waals surface area contributed by atoms with E-state index >= 15 is 0 Å². The Balaban J connectivity index is 2.12. The molecule has 1 saturated heterocycles. The van der Waals surface area contributed by atoms with Crippen molar-refractivity contribution < 1.29 is 0 Å². The van der Waals surface area contributed by atoms with Gasteiger partial charge in [-0.2, -0.15) is 11.8 Å². The number of hydrazine groups is 1. The molecule has 1 fully saturated rings. The lowest BCUT2D eigenvalue weighted by Crippen LogP contribution is -2.43. The number of nitrogens with one attached hydrogen (secondary N) is 1. The Morgan fingerprint density at radius 3 is 2.88 bits per heavy atom. The molecule has 2 nitrogen and oxygen atoms in total. The first-order chi connectivity index (χ1) is 7.88. The second-order valence-electron chi connectivity index (χ2n) is 4.60. The Labute approximate surface area is 104 Å². The summed E-state index contributed by atoms with van der Waals surface area (Å²) < 4.78 is 0. The molecule has 1 heterocycles. The van der Waals surface area contributed by atoms with Crippen molar-refractivity contribution in [3.8, 4) is 0 Å². The van der Waals surface area contributed by atoms with E-state index in [0.29, 0.717) is 6.04 Å². The van der Waals surface area contributed by atoms with Gasteiger partial charge in [-0.3, -0.25) is 11.3 Å². The van der Waals surface area contributed by atoms with Crippen LogP contribution in [0, 0.1) is 0 Å². The lowest BCUT2D eigenvalue weighted by atomic mass is 10.0. The van der Waals surface area contributed by atoms with Crippen molar-refractivity contribution in [2.45, 2.75) is 62.7 Å². The highest BCUT2D eigenvalue weighted by atomic mass is 32.2. The SMILES string of the molecule is C=CCCCCCC(NN)C1CCCCS1. The molecule has 0 amide bonds. The molecule has 1 aliphatic heterocycles. The average molecular weight is 242 g/mol. The first-order valence-corrected chi connectivity index (χ1v) is 7.62. The highest BCUT2D eigenvalue weighted by molar-refractivity contribution is 8.00. The van der Waals surface area contributed by atoms with Gasteiger partial charge in [-0.25, -0.2) is 0 Å². The van der Waals surface area contributed by atoms with Gasteiger partial charge in [0.1, 0.15) is 0 Å². The molecule has 2 atom stereocenters. The summed E-state index contributed by atoms with van der Waals surface area (Å²) >= 11 is 2.11. The summed E-state index contributed by atoms with van der Waals surface area (Å²) in [5.41, 5.74) is 3.02. The van der Waals surface area contributed by atoms with Crippen LogP contribution in [0.25, 0.3) is 0 Å². The fourth-order valence-electron chi connectivity index (χ4n) is 2.29. The van der Waals surface area contributed by atoms with E-state index in [1.807, 2.05) is 6.08 Å². The normalized spacial score (nSPS) is 22.9. The van der Waals surface area contributed by atoms with Crippen LogP contribution in [0.15, 0.2) is 12.7 Å². The van der Waals surface area contributed by atoms with Crippen molar-refractivity contribution in [1.29, 1.82) is 0 Å². The van der Waals surface area contributed by atoms with Crippen molar-refractivity contribution in [2.24, 2.45) is 5.84 Å². The molecule has 0 aromatic rings. The molecular weight excluding hydrogens is 216 g/mol. The topological polar surface area (TPSA) is 38.0 Å². The summed E-state index contributed by atoms with van der Waals surface area (Å²) in [6.45, 7) is 3.75. The Hall–Kier alpha value is 0.0100. The fourth-order valence-corrected chi connectivity index (χ4v) is 3.74. The van der Waals surface area contributed by atoms with Gasteiger partial charge in [0.05, 0.1) is 0 Å². The molecule has 2 unspecified atom stereocenters. The van der Waals surface area contributed by atoms with E-state index in [1.165, 1.54) is 50.7 Å². The minimum Gasteiger partial charge on any atom is -0.271 e. The van der Waals surface area contributed by atoms with Crippen LogP contribution in [0.4, 0.5) is 0 Å². The van der Waals surface area contributed by atoms with Crippen molar-refractivity contribution in [1.82, 2.24) is 5.43 Å². The maximum absolute atomic E-state index is 5.67. The second-order valence-corrected chi connectivity index (χ2v) is 5.95. The number of hydrogen-bond acceptors (Lipinski definition) is 3. The molecular formula is C13H26N2S. The minimum atomic E-state index is 0.522. The van der Waals surface area contributed by atoms with Crippen LogP contribution in [0.1, 0.15) is 51.4 Å². The zero-order valence-electron chi connectivity index (χ0n) is 10.3. The number of allylic oxidation sites excluding steroid dienone is 1. The fraction of sp³-hybridized carbons (Fsp3) is 0.846. The van der Waals surface area contributed by atoms with Gasteiger partial charge in [0, 0.05) is 11.3 Å². The average Bonchev–Trinajstić information content (AvgIpc) is 2.35. The van der Waals surface area contributed by atoms with Crippen LogP contribution in [0.3, 0.4) is 0 Å². The lowest BCUT2D eigenvalue weighted by molar-refractivity contribution is 0.430. The molecule has 3 heteroatoms. The third-order valence-electron chi connectivity index (χ3n) is 3.30. The van der Waals surface area contributed by atoms with Crippen molar-refractivity contribution in [2.75, 3.05) is 5.75 Å². The van der Waals surface area contributed by atoms with E-state index < -0.39 is 0 Å². The summed E-state index contributed by atoms with van der Waals surface area (Å²) in [7, 11) is 0. The Morgan fingerprint density at radius 1 is 1.38 bits per heavy atom. The molecule has 94 valence electrons. The van der Waals surface area contributed by atoms with Gasteiger partial charge in [0.25, 0.3) is 0 Å². The first kappa shape index (κ1) is 14.1. The monoisotopic (exact) mass is 242 g/mol. The van der Waals surface area contributed by atoms with Crippen LogP contribution in [0.5, 0.6) is 0 Å². The second kappa shape index (κ2) is 9.08. The molecule has 0 spiro atoms. The van der Waals surface area contributed by atoms with Crippen LogP contribution in [0.2, 0.25) is 0 Å². The van der Waals surface area contributed by atoms with Gasteiger partial charge in [-0.15, -0.1) is 6.58 Å². The molecule has 0 aromatic carbocycles. The summed E-state index contributed by atoms with van der Waals surface area (Å²) in [5.74, 6) is 6.98. The Kier molecular flexibility index (Phi) is 7.99. The minimum absolute atomic E-state index is 0.522. The molecule has 1 rings (SSSR count). The molecule has 0 radical (unpaired) electrons. The maximum Gasteiger partial charge on any atom is 0.0329 e. The predicted molar refractivity (Wildman–Crippen MR) is 74.5 cm³/mol. The van der Waals surface area contributed by atoms with Gasteiger partial charge in [0.15, 0.2) is 0 Å². The molecule has 0 aromatic heterocycles. The molecule has 3 N–H and O–H groups in total. The lowest BCUT2D eigenvalue weighted by Gasteiger charge is -2.29. The van der Waals surface area contributed by atoms with E-state index in [0.717, 1.165) is 11.7 Å². The number of nitrogens with two attached hydrogens (primary N) is 1. The number of hydrogen-bond donors (Lipinski definition) is 2. The highest BCUT2D eigenvalue weighted by Gasteiger charge is 2.22. The van der Waals surface area contributed by atoms with E-state index in [4.69, 9.17) is 5.84 Å². The third kappa shape index (κ3) is 5.37. The van der Waals surface area contributed by atoms with Crippen LogP contribution in [-0.4, -0.2) is 17.0 Å². The van der Waals surface area contributed by atoms with Crippen molar-refractivity contribution in [3.05, 3.63) is 12.7 Å². The predicted octanol–water partition coefficient (Wildman–Crippen LogP) is 3.24. The number of thioether (sulfide) groups is 1. The van der Waals surface area contributed by atoms with Crippen LogP contribution < -0.4 is 11.3 Å². The first-order valence-electron chi connectivity index (χ1n) is 6.57. The van der Waals surface area contributed by atoms with E-state index in [2.05, 4.69) is 23.8 Å². The van der Waals surface area contributed by atoms with E-state index in [1.54, 1.807) is 0 Å². The zero-order chi connectivity index (χ0) is 11.6. The smallest absolute Gasteiger partial charge is 0.0329 e. The van der Waals surface area contributed by atoms with E-state index in [9.17, 15) is 0 Å². The molecule has 0 saturated carbocycles. The van der Waals surface area contributed by atoms with Gasteiger partial charge in [-0.1, -0.05) is 25.3 Å². The van der Waals surface area contributed by atoms with Crippen LogP contribution in [-0.2, 0) is 0 Å². The summed E-state index contributed by atoms with van der Waals surface area (Å²) in [5, 5.41) is 0.748. The van der Waals surface area contributed by atoms with E-state index in [-0.39, 0.29) is 0 Å². The standard InChI is InChI=1S/C13H26N2S/c1-2-3-4-5-6-9-12(15-14)13-10-7-8-11-16-13/h2,12-13,15H,1,3-11,14H2. The maximum atomic E-state index is 5.67. The van der Waals surface area contributed by atoms with Crippen molar-refractivity contribution >= 4 is 11.8 Å². The number of unbranched alkanes of at least 4 members (excludes halogenated alkanes) is 3. The largest absolute Gasteiger partial charge is 0.271 e. The van der Waals surface area contributed by atoms with Gasteiger partial charge in [0.2, 0.25) is 0 Å². The van der Waals surface area contributed by atoms with Gasteiger partial charge < -0.3 is 0 Å². The zero-order valence-corrected chi connectivity index (χ0v) is 11.1. The van der Waals surface area contributed by atoms with Gasteiger partial charge >= 0.3 is 0 Å².